The van der Waals surface area contributed by atoms with Crippen molar-refractivity contribution in [2.75, 3.05) is 48.9 Å². The summed E-state index contributed by atoms with van der Waals surface area (Å²) in [6.45, 7) is 1.57. The fourth-order valence-corrected chi connectivity index (χ4v) is 0. The van der Waals surface area contributed by atoms with Crippen LogP contribution >= 0.6 is 0 Å². The molecule has 0 rings (SSSR count). The van der Waals surface area contributed by atoms with E-state index in [-0.39, 0.29) is 19.0 Å². The van der Waals surface area contributed by atoms with E-state index in [1.807, 2.05) is 0 Å². The first-order valence-corrected chi connectivity index (χ1v) is 4.00. The molecule has 0 heterocycles. The van der Waals surface area contributed by atoms with Crippen LogP contribution in [0.25, 0.3) is 0 Å². The van der Waals surface area contributed by atoms with E-state index in [4.69, 9.17) is 5.11 Å². The van der Waals surface area contributed by atoms with E-state index >= 15 is 0 Å². The molecule has 0 aliphatic heterocycles. The Labute approximate surface area is 83.8 Å². The van der Waals surface area contributed by atoms with Crippen LogP contribution in [0, 0.1) is 0 Å². The lowest BCUT2D eigenvalue weighted by Gasteiger charge is -1.88. The minimum atomic E-state index is 0. The SMILES string of the molecule is CC[O-].C[NH+](C)C.C[NH+](C)C.[Cl-]. The Bertz CT molecular complexity index is 40.8. The van der Waals surface area contributed by atoms with Crippen molar-refractivity contribution in [2.45, 2.75) is 6.92 Å². The van der Waals surface area contributed by atoms with Crippen molar-refractivity contribution in [1.82, 2.24) is 0 Å². The van der Waals surface area contributed by atoms with Gasteiger partial charge in [0.25, 0.3) is 0 Å². The Morgan fingerprint density at radius 3 is 0.833 bits per heavy atom. The second-order valence-corrected chi connectivity index (χ2v) is 3.29. The predicted octanol–water partition coefficient (Wildman–Crippen LogP) is -6.11. The number of rotatable bonds is 0. The van der Waals surface area contributed by atoms with E-state index < -0.39 is 0 Å². The van der Waals surface area contributed by atoms with E-state index in [1.54, 1.807) is 6.92 Å². The summed E-state index contributed by atoms with van der Waals surface area (Å²) in [6.07, 6.45) is 0. The summed E-state index contributed by atoms with van der Waals surface area (Å²) >= 11 is 0. The van der Waals surface area contributed by atoms with Crippen LogP contribution in [-0.4, -0.2) is 48.9 Å². The van der Waals surface area contributed by atoms with Crippen LogP contribution in [0.5, 0.6) is 0 Å². The van der Waals surface area contributed by atoms with Gasteiger partial charge in [-0.15, -0.1) is 6.61 Å². The van der Waals surface area contributed by atoms with Gasteiger partial charge in [-0.2, -0.15) is 0 Å². The largest absolute Gasteiger partial charge is 1.00 e. The van der Waals surface area contributed by atoms with Gasteiger partial charge in [0.15, 0.2) is 0 Å². The molecule has 0 radical (unpaired) electrons. The first kappa shape index (κ1) is 22.7. The van der Waals surface area contributed by atoms with Crippen molar-refractivity contribution in [3.8, 4) is 0 Å². The molecule has 0 fully saturated rings. The number of hydrogen-bond acceptors (Lipinski definition) is 1. The number of quaternary nitrogens is 2. The monoisotopic (exact) mass is 200 g/mol. The first-order valence-electron chi connectivity index (χ1n) is 4.00. The van der Waals surface area contributed by atoms with Crippen LogP contribution in [0.4, 0.5) is 0 Å². The number of halogens is 1. The maximum absolute atomic E-state index is 8.93. The zero-order chi connectivity index (χ0) is 9.86. The lowest BCUT2D eigenvalue weighted by Crippen LogP contribution is -3.02. The summed E-state index contributed by atoms with van der Waals surface area (Å²) < 4.78 is 0. The molecule has 0 aromatic heterocycles. The standard InChI is InChI=1S/2C3H9N.C2H5O.ClH/c2*1-4(2)3;1-2-3;/h2*1-3H3;2H2,1H3;1H/q;;-1;/p+1. The third kappa shape index (κ3) is 29600. The van der Waals surface area contributed by atoms with E-state index in [9.17, 15) is 0 Å². The highest BCUT2D eigenvalue weighted by Crippen LogP contribution is 1.18. The fourth-order valence-electron chi connectivity index (χ4n) is 0. The third-order valence-electron chi connectivity index (χ3n) is 0. The van der Waals surface area contributed by atoms with Crippen LogP contribution in [0.3, 0.4) is 0 Å². The molecule has 80 valence electrons. The van der Waals surface area contributed by atoms with Crippen LogP contribution in [0.15, 0.2) is 0 Å². The number of hydrogen-bond donors (Lipinski definition) is 2. The van der Waals surface area contributed by atoms with Gasteiger partial charge in [0.1, 0.15) is 0 Å². The summed E-state index contributed by atoms with van der Waals surface area (Å²) in [6, 6.07) is 0. The molecule has 0 unspecified atom stereocenters. The lowest BCUT2D eigenvalue weighted by atomic mass is 10.9. The van der Waals surface area contributed by atoms with Crippen molar-refractivity contribution >= 4 is 0 Å². The van der Waals surface area contributed by atoms with Crippen molar-refractivity contribution in [3.05, 3.63) is 0 Å². The molecule has 2 N–H and O–H groups in total. The molecule has 0 amide bonds. The molecule has 3 nitrogen and oxygen atoms in total. The minimum Gasteiger partial charge on any atom is -1.00 e. The van der Waals surface area contributed by atoms with E-state index in [1.165, 1.54) is 9.80 Å². The van der Waals surface area contributed by atoms with Gasteiger partial charge in [0, 0.05) is 0 Å². The third-order valence-corrected chi connectivity index (χ3v) is 0. The summed E-state index contributed by atoms with van der Waals surface area (Å²) in [4.78, 5) is 2.83. The minimum absolute atomic E-state index is 0. The van der Waals surface area contributed by atoms with Gasteiger partial charge in [0.05, 0.1) is 42.3 Å². The number of nitrogens with one attached hydrogen (secondary N) is 2. The Balaban J connectivity index is -0.0000000389. The van der Waals surface area contributed by atoms with E-state index in [0.29, 0.717) is 0 Å². The van der Waals surface area contributed by atoms with Gasteiger partial charge in [-0.3, -0.25) is 0 Å². The Hall–Kier alpha value is 0.170. The molecule has 0 aromatic rings. The van der Waals surface area contributed by atoms with Gasteiger partial charge in [-0.05, 0) is 0 Å². The van der Waals surface area contributed by atoms with Gasteiger partial charge in [-0.25, -0.2) is 0 Å². The lowest BCUT2D eigenvalue weighted by molar-refractivity contribution is -0.836. The predicted molar refractivity (Wildman–Crippen MR) is 48.0 cm³/mol. The Morgan fingerprint density at radius 1 is 0.833 bits per heavy atom. The van der Waals surface area contributed by atoms with Crippen LogP contribution in [-0.2, 0) is 0 Å². The van der Waals surface area contributed by atoms with Gasteiger partial charge < -0.3 is 27.3 Å². The molecular formula is C8H25ClN2O. The van der Waals surface area contributed by atoms with Gasteiger partial charge in [-0.1, -0.05) is 6.92 Å². The zero-order valence-electron chi connectivity index (χ0n) is 9.49. The van der Waals surface area contributed by atoms with E-state index in [2.05, 4.69) is 42.3 Å². The molecule has 0 bridgehead atoms. The molecule has 0 saturated heterocycles. The molecule has 0 saturated carbocycles. The van der Waals surface area contributed by atoms with Crippen molar-refractivity contribution < 1.29 is 27.3 Å². The highest BCUT2D eigenvalue weighted by Gasteiger charge is 1.61. The maximum Gasteiger partial charge on any atom is 0.0661 e. The Kier molecular flexibility index (Phi) is 42.6. The normalized spacial score (nSPS) is 7.50. The van der Waals surface area contributed by atoms with Gasteiger partial charge >= 0.3 is 0 Å². The van der Waals surface area contributed by atoms with Crippen LogP contribution in [0.1, 0.15) is 6.92 Å². The molecule has 0 atom stereocenters. The fraction of sp³-hybridized carbons (Fsp3) is 1.00. The molecule has 0 spiro atoms. The summed E-state index contributed by atoms with van der Waals surface area (Å²) in [5, 5.41) is 8.93. The average Bonchev–Trinajstić information content (AvgIpc) is 1.60. The maximum atomic E-state index is 8.93. The van der Waals surface area contributed by atoms with E-state index in [0.717, 1.165) is 0 Å². The zero-order valence-corrected chi connectivity index (χ0v) is 10.2. The van der Waals surface area contributed by atoms with Crippen LogP contribution < -0.4 is 27.3 Å². The molecule has 0 aliphatic carbocycles. The summed E-state index contributed by atoms with van der Waals surface area (Å²) in [5.41, 5.74) is 0. The highest BCUT2D eigenvalue weighted by atomic mass is 35.5. The topological polar surface area (TPSA) is 31.9 Å². The molecule has 4 heteroatoms. The summed E-state index contributed by atoms with van der Waals surface area (Å²) in [7, 11) is 12.5. The second kappa shape index (κ2) is 22.5. The van der Waals surface area contributed by atoms with Crippen molar-refractivity contribution in [3.63, 3.8) is 0 Å². The smallest absolute Gasteiger partial charge is 0.0661 e. The first-order chi connectivity index (χ1) is 4.88. The molecule has 0 aliphatic rings. The second-order valence-electron chi connectivity index (χ2n) is 3.29. The van der Waals surface area contributed by atoms with Crippen LogP contribution in [0.2, 0.25) is 0 Å². The Morgan fingerprint density at radius 2 is 0.833 bits per heavy atom. The summed E-state index contributed by atoms with van der Waals surface area (Å²) in [5.74, 6) is 0. The van der Waals surface area contributed by atoms with Crippen molar-refractivity contribution in [1.29, 1.82) is 0 Å². The molecule has 0 aromatic carbocycles. The average molecular weight is 201 g/mol. The molecule has 12 heavy (non-hydrogen) atoms. The highest BCUT2D eigenvalue weighted by molar-refractivity contribution is 3.79. The quantitative estimate of drug-likeness (QED) is 0.401. The molecular weight excluding hydrogens is 176 g/mol. The van der Waals surface area contributed by atoms with Crippen molar-refractivity contribution in [2.24, 2.45) is 0 Å². The van der Waals surface area contributed by atoms with Gasteiger partial charge in [0.2, 0.25) is 0 Å².